The highest BCUT2D eigenvalue weighted by Crippen LogP contribution is 2.20. The van der Waals surface area contributed by atoms with Crippen molar-refractivity contribution in [1.82, 2.24) is 0 Å². The van der Waals surface area contributed by atoms with Crippen LogP contribution in [0.4, 0.5) is 0 Å². The summed E-state index contributed by atoms with van der Waals surface area (Å²) in [6.45, 7) is 2.60. The minimum Gasteiger partial charge on any atom is -0.460 e. The summed E-state index contributed by atoms with van der Waals surface area (Å²) in [5.74, 6) is 0.850. The van der Waals surface area contributed by atoms with Gasteiger partial charge >= 0.3 is 0 Å². The zero-order valence-corrected chi connectivity index (χ0v) is 7.71. The minimum absolute atomic E-state index is 0.468. The molecule has 2 aromatic rings. The summed E-state index contributed by atoms with van der Waals surface area (Å²) in [4.78, 5) is 0. The molecule has 0 atom stereocenters. The molecule has 0 saturated heterocycles. The number of furan rings is 1. The summed E-state index contributed by atoms with van der Waals surface area (Å²) in [6.07, 6.45) is 1.04. The predicted molar refractivity (Wildman–Crippen MR) is 53.5 cm³/mol. The van der Waals surface area contributed by atoms with E-state index >= 15 is 0 Å². The van der Waals surface area contributed by atoms with E-state index in [1.165, 1.54) is 5.56 Å². The maximum Gasteiger partial charge on any atom is 0.134 e. The maximum absolute atomic E-state index is 5.53. The van der Waals surface area contributed by atoms with Gasteiger partial charge in [0.2, 0.25) is 0 Å². The summed E-state index contributed by atoms with van der Waals surface area (Å²) >= 11 is 0. The van der Waals surface area contributed by atoms with Gasteiger partial charge in [0.15, 0.2) is 0 Å². The van der Waals surface area contributed by atoms with Gasteiger partial charge in [0.1, 0.15) is 11.3 Å². The Kier molecular flexibility index (Phi) is 2.07. The first kappa shape index (κ1) is 8.32. The van der Waals surface area contributed by atoms with Crippen molar-refractivity contribution in [2.75, 3.05) is 0 Å². The standard InChI is InChI=1S/C11H13NO/c1-2-8-3-4-9-6-10(7-12)13-11(9)5-8/h3-6H,2,7,12H2,1H3. The van der Waals surface area contributed by atoms with Gasteiger partial charge in [0, 0.05) is 5.39 Å². The van der Waals surface area contributed by atoms with Gasteiger partial charge in [-0.3, -0.25) is 0 Å². The molecule has 0 radical (unpaired) electrons. The van der Waals surface area contributed by atoms with Crippen LogP contribution in [0.25, 0.3) is 11.0 Å². The normalized spacial score (nSPS) is 10.9. The quantitative estimate of drug-likeness (QED) is 0.761. The van der Waals surface area contributed by atoms with E-state index in [0.717, 1.165) is 23.2 Å². The van der Waals surface area contributed by atoms with E-state index in [0.29, 0.717) is 6.54 Å². The van der Waals surface area contributed by atoms with Gasteiger partial charge in [0.05, 0.1) is 6.54 Å². The van der Waals surface area contributed by atoms with E-state index in [4.69, 9.17) is 10.2 Å². The topological polar surface area (TPSA) is 39.2 Å². The number of fused-ring (bicyclic) bond motifs is 1. The molecule has 0 fully saturated rings. The van der Waals surface area contributed by atoms with E-state index in [2.05, 4.69) is 25.1 Å². The smallest absolute Gasteiger partial charge is 0.134 e. The molecule has 0 saturated carbocycles. The molecule has 68 valence electrons. The van der Waals surface area contributed by atoms with E-state index in [9.17, 15) is 0 Å². The molecule has 2 rings (SSSR count). The Labute approximate surface area is 77.3 Å². The highest BCUT2D eigenvalue weighted by molar-refractivity contribution is 5.78. The van der Waals surface area contributed by atoms with Gasteiger partial charge < -0.3 is 10.2 Å². The van der Waals surface area contributed by atoms with Crippen LogP contribution in [0.3, 0.4) is 0 Å². The van der Waals surface area contributed by atoms with Crippen molar-refractivity contribution in [2.24, 2.45) is 5.73 Å². The number of nitrogens with two attached hydrogens (primary N) is 1. The molecule has 0 amide bonds. The van der Waals surface area contributed by atoms with Crippen LogP contribution < -0.4 is 5.73 Å². The van der Waals surface area contributed by atoms with E-state index in [1.54, 1.807) is 0 Å². The molecule has 1 aromatic carbocycles. The molecule has 0 aliphatic rings. The third kappa shape index (κ3) is 1.45. The summed E-state index contributed by atoms with van der Waals surface area (Å²) in [7, 11) is 0. The predicted octanol–water partition coefficient (Wildman–Crippen LogP) is 2.45. The molecule has 2 heteroatoms. The van der Waals surface area contributed by atoms with Crippen LogP contribution >= 0.6 is 0 Å². The summed E-state index contributed by atoms with van der Waals surface area (Å²) in [6, 6.07) is 8.28. The minimum atomic E-state index is 0.468. The van der Waals surface area contributed by atoms with Crippen molar-refractivity contribution in [3.63, 3.8) is 0 Å². The van der Waals surface area contributed by atoms with Crippen molar-refractivity contribution in [3.05, 3.63) is 35.6 Å². The summed E-state index contributed by atoms with van der Waals surface area (Å²) in [5, 5.41) is 1.14. The van der Waals surface area contributed by atoms with Crippen LogP contribution in [-0.2, 0) is 13.0 Å². The second-order valence-electron chi connectivity index (χ2n) is 3.14. The molecule has 1 heterocycles. The molecule has 2 nitrogen and oxygen atoms in total. The Morgan fingerprint density at radius 2 is 2.15 bits per heavy atom. The Bertz CT molecular complexity index is 415. The molecule has 0 unspecified atom stereocenters. The van der Waals surface area contributed by atoms with Gasteiger partial charge in [-0.05, 0) is 24.1 Å². The molecular formula is C11H13NO. The monoisotopic (exact) mass is 175 g/mol. The van der Waals surface area contributed by atoms with E-state index < -0.39 is 0 Å². The fourth-order valence-corrected chi connectivity index (χ4v) is 1.45. The summed E-state index contributed by atoms with van der Waals surface area (Å²) in [5.41, 5.74) is 7.73. The SMILES string of the molecule is CCc1ccc2cc(CN)oc2c1. The zero-order chi connectivity index (χ0) is 9.26. The van der Waals surface area contributed by atoms with Gasteiger partial charge in [-0.15, -0.1) is 0 Å². The Balaban J connectivity index is 2.57. The van der Waals surface area contributed by atoms with Crippen molar-refractivity contribution in [3.8, 4) is 0 Å². The van der Waals surface area contributed by atoms with Crippen LogP contribution in [-0.4, -0.2) is 0 Å². The van der Waals surface area contributed by atoms with Gasteiger partial charge in [-0.2, -0.15) is 0 Å². The first-order valence-corrected chi connectivity index (χ1v) is 4.55. The molecular weight excluding hydrogens is 162 g/mol. The zero-order valence-electron chi connectivity index (χ0n) is 7.71. The molecule has 0 bridgehead atoms. The first-order valence-electron chi connectivity index (χ1n) is 4.55. The summed E-state index contributed by atoms with van der Waals surface area (Å²) < 4.78 is 5.53. The van der Waals surface area contributed by atoms with Crippen LogP contribution in [0, 0.1) is 0 Å². The fraction of sp³-hybridized carbons (Fsp3) is 0.273. The third-order valence-electron chi connectivity index (χ3n) is 2.24. The molecule has 2 N–H and O–H groups in total. The van der Waals surface area contributed by atoms with Crippen molar-refractivity contribution in [1.29, 1.82) is 0 Å². The Hall–Kier alpha value is -1.28. The van der Waals surface area contributed by atoms with Crippen molar-refractivity contribution < 1.29 is 4.42 Å². The maximum atomic E-state index is 5.53. The van der Waals surface area contributed by atoms with Gasteiger partial charge in [-0.1, -0.05) is 19.1 Å². The van der Waals surface area contributed by atoms with Crippen molar-refractivity contribution >= 4 is 11.0 Å². The van der Waals surface area contributed by atoms with Gasteiger partial charge in [-0.25, -0.2) is 0 Å². The number of benzene rings is 1. The largest absolute Gasteiger partial charge is 0.460 e. The lowest BCUT2D eigenvalue weighted by atomic mass is 10.1. The number of hydrogen-bond acceptors (Lipinski definition) is 2. The molecule has 13 heavy (non-hydrogen) atoms. The highest BCUT2D eigenvalue weighted by atomic mass is 16.3. The van der Waals surface area contributed by atoms with Crippen LogP contribution in [0.1, 0.15) is 18.2 Å². The van der Waals surface area contributed by atoms with E-state index in [1.807, 2.05) is 6.07 Å². The molecule has 0 spiro atoms. The average molecular weight is 175 g/mol. The van der Waals surface area contributed by atoms with Crippen molar-refractivity contribution in [2.45, 2.75) is 19.9 Å². The molecule has 1 aromatic heterocycles. The second-order valence-corrected chi connectivity index (χ2v) is 3.14. The highest BCUT2D eigenvalue weighted by Gasteiger charge is 2.01. The lowest BCUT2D eigenvalue weighted by molar-refractivity contribution is 0.552. The second kappa shape index (κ2) is 3.23. The Morgan fingerprint density at radius 3 is 2.85 bits per heavy atom. The van der Waals surface area contributed by atoms with Crippen LogP contribution in [0.2, 0.25) is 0 Å². The lowest BCUT2D eigenvalue weighted by Crippen LogP contribution is -1.92. The molecule has 0 aliphatic carbocycles. The fourth-order valence-electron chi connectivity index (χ4n) is 1.45. The van der Waals surface area contributed by atoms with Gasteiger partial charge in [0.25, 0.3) is 0 Å². The van der Waals surface area contributed by atoms with E-state index in [-0.39, 0.29) is 0 Å². The third-order valence-corrected chi connectivity index (χ3v) is 2.24. The number of aryl methyl sites for hydroxylation is 1. The Morgan fingerprint density at radius 1 is 1.31 bits per heavy atom. The lowest BCUT2D eigenvalue weighted by Gasteiger charge is -1.93. The van der Waals surface area contributed by atoms with Crippen LogP contribution in [0.5, 0.6) is 0 Å². The number of rotatable bonds is 2. The number of hydrogen-bond donors (Lipinski definition) is 1. The average Bonchev–Trinajstić information content (AvgIpc) is 2.58. The first-order chi connectivity index (χ1) is 6.33. The molecule has 0 aliphatic heterocycles. The van der Waals surface area contributed by atoms with Crippen LogP contribution in [0.15, 0.2) is 28.7 Å².